The molecule has 1 aliphatic carbocycles. The van der Waals surface area contributed by atoms with E-state index in [1.54, 1.807) is 7.11 Å². The van der Waals surface area contributed by atoms with Gasteiger partial charge in [-0.1, -0.05) is 20.3 Å². The van der Waals surface area contributed by atoms with E-state index in [1.165, 1.54) is 12.8 Å². The highest BCUT2D eigenvalue weighted by Crippen LogP contribution is 2.41. The topological polar surface area (TPSA) is 38.7 Å². The van der Waals surface area contributed by atoms with E-state index in [4.69, 9.17) is 9.47 Å². The molecule has 0 heterocycles. The third kappa shape index (κ3) is 2.69. The van der Waals surface area contributed by atoms with Crippen LogP contribution >= 0.6 is 0 Å². The van der Waals surface area contributed by atoms with E-state index in [0.29, 0.717) is 6.79 Å². The Balaban J connectivity index is 2.55. The third-order valence-electron chi connectivity index (χ3n) is 3.36. The van der Waals surface area contributed by atoms with Crippen LogP contribution in [0.1, 0.15) is 33.1 Å². The Morgan fingerprint density at radius 1 is 1.43 bits per heavy atom. The Labute approximate surface area is 86.4 Å². The smallest absolute Gasteiger partial charge is 0.146 e. The molecule has 0 aromatic carbocycles. The van der Waals surface area contributed by atoms with Crippen LogP contribution in [0.2, 0.25) is 0 Å². The maximum absolute atomic E-state index is 9.38. The largest absolute Gasteiger partial charge is 0.396 e. The first-order valence-electron chi connectivity index (χ1n) is 5.33. The van der Waals surface area contributed by atoms with Crippen LogP contribution in [0.4, 0.5) is 0 Å². The van der Waals surface area contributed by atoms with Gasteiger partial charge in [0.1, 0.15) is 6.79 Å². The van der Waals surface area contributed by atoms with E-state index in [-0.39, 0.29) is 24.0 Å². The molecule has 2 atom stereocenters. The molecule has 14 heavy (non-hydrogen) atoms. The molecule has 1 rings (SSSR count). The molecule has 1 aliphatic rings. The fraction of sp³-hybridized carbons (Fsp3) is 1.00. The van der Waals surface area contributed by atoms with E-state index in [0.717, 1.165) is 6.42 Å². The van der Waals surface area contributed by atoms with Gasteiger partial charge in [0, 0.05) is 19.6 Å². The lowest BCUT2D eigenvalue weighted by molar-refractivity contribution is -0.135. The molecule has 0 unspecified atom stereocenters. The van der Waals surface area contributed by atoms with Crippen molar-refractivity contribution >= 4 is 0 Å². The zero-order valence-corrected chi connectivity index (χ0v) is 9.45. The monoisotopic (exact) mass is 202 g/mol. The third-order valence-corrected chi connectivity index (χ3v) is 3.36. The van der Waals surface area contributed by atoms with Crippen LogP contribution < -0.4 is 0 Å². The van der Waals surface area contributed by atoms with Gasteiger partial charge in [-0.05, 0) is 18.3 Å². The molecule has 0 saturated heterocycles. The van der Waals surface area contributed by atoms with E-state index in [2.05, 4.69) is 13.8 Å². The van der Waals surface area contributed by atoms with E-state index in [1.807, 2.05) is 0 Å². The van der Waals surface area contributed by atoms with Crippen LogP contribution in [0.3, 0.4) is 0 Å². The van der Waals surface area contributed by atoms with Crippen LogP contribution in [0.15, 0.2) is 0 Å². The van der Waals surface area contributed by atoms with Gasteiger partial charge in [-0.25, -0.2) is 0 Å². The first-order chi connectivity index (χ1) is 6.61. The van der Waals surface area contributed by atoms with E-state index in [9.17, 15) is 5.11 Å². The Kier molecular flexibility index (Phi) is 4.35. The van der Waals surface area contributed by atoms with Gasteiger partial charge in [0.25, 0.3) is 0 Å². The van der Waals surface area contributed by atoms with Crippen LogP contribution in [0, 0.1) is 11.3 Å². The van der Waals surface area contributed by atoms with Gasteiger partial charge in [-0.2, -0.15) is 0 Å². The van der Waals surface area contributed by atoms with Crippen molar-refractivity contribution in [3.8, 4) is 0 Å². The van der Waals surface area contributed by atoms with Gasteiger partial charge in [0.2, 0.25) is 0 Å². The number of methoxy groups -OCH3 is 1. The van der Waals surface area contributed by atoms with Gasteiger partial charge in [-0.15, -0.1) is 0 Å². The molecule has 0 radical (unpaired) electrons. The molecule has 0 amide bonds. The number of rotatable bonds is 4. The minimum absolute atomic E-state index is 0.156. The summed E-state index contributed by atoms with van der Waals surface area (Å²) in [5.41, 5.74) is 0.186. The number of aliphatic hydroxyl groups excluding tert-OH is 1. The van der Waals surface area contributed by atoms with Gasteiger partial charge in [0.05, 0.1) is 6.10 Å². The summed E-state index contributed by atoms with van der Waals surface area (Å²) in [6.07, 6.45) is 3.55. The van der Waals surface area contributed by atoms with Gasteiger partial charge in [0.15, 0.2) is 0 Å². The Bertz CT molecular complexity index is 168. The summed E-state index contributed by atoms with van der Waals surface area (Å²) in [5.74, 6) is 0.242. The predicted octanol–water partition coefficient (Wildman–Crippen LogP) is 1.79. The van der Waals surface area contributed by atoms with Crippen molar-refractivity contribution in [1.29, 1.82) is 0 Å². The SMILES string of the molecule is COCO[C@H]1CCCC(C)(C)[C@@H]1CO. The zero-order chi connectivity index (χ0) is 10.6. The second-order valence-electron chi connectivity index (χ2n) is 4.78. The number of ether oxygens (including phenoxy) is 2. The number of aliphatic hydroxyl groups is 1. The summed E-state index contributed by atoms with van der Waals surface area (Å²) in [6.45, 7) is 4.95. The van der Waals surface area contributed by atoms with E-state index >= 15 is 0 Å². The molecule has 0 aromatic rings. The minimum atomic E-state index is 0.156. The zero-order valence-electron chi connectivity index (χ0n) is 9.45. The Hall–Kier alpha value is -0.120. The molecular weight excluding hydrogens is 180 g/mol. The molecule has 0 bridgehead atoms. The predicted molar refractivity (Wildman–Crippen MR) is 55.0 cm³/mol. The molecule has 3 heteroatoms. The Morgan fingerprint density at radius 3 is 2.71 bits per heavy atom. The molecule has 3 nitrogen and oxygen atoms in total. The lowest BCUT2D eigenvalue weighted by atomic mass is 9.68. The van der Waals surface area contributed by atoms with Crippen molar-refractivity contribution in [2.75, 3.05) is 20.5 Å². The molecule has 1 fully saturated rings. The summed E-state index contributed by atoms with van der Waals surface area (Å²) in [4.78, 5) is 0. The quantitative estimate of drug-likeness (QED) is 0.706. The lowest BCUT2D eigenvalue weighted by Gasteiger charge is -2.42. The average molecular weight is 202 g/mol. The maximum Gasteiger partial charge on any atom is 0.146 e. The molecule has 0 aromatic heterocycles. The number of hydrogen-bond donors (Lipinski definition) is 1. The Morgan fingerprint density at radius 2 is 2.14 bits per heavy atom. The summed E-state index contributed by atoms with van der Waals surface area (Å²) in [5, 5.41) is 9.38. The fourth-order valence-electron chi connectivity index (χ4n) is 2.37. The van der Waals surface area contributed by atoms with Crippen molar-refractivity contribution in [3.63, 3.8) is 0 Å². The van der Waals surface area contributed by atoms with Gasteiger partial charge in [-0.3, -0.25) is 0 Å². The highest BCUT2D eigenvalue weighted by Gasteiger charge is 2.38. The molecule has 0 spiro atoms. The van der Waals surface area contributed by atoms with Gasteiger partial charge >= 0.3 is 0 Å². The van der Waals surface area contributed by atoms with Crippen LogP contribution in [-0.4, -0.2) is 31.7 Å². The standard InChI is InChI=1S/C11H22O3/c1-11(2)6-4-5-10(9(11)7-12)14-8-13-3/h9-10,12H,4-8H2,1-3H3/t9-,10+/m1/s1. The molecule has 1 saturated carbocycles. The highest BCUT2D eigenvalue weighted by atomic mass is 16.7. The summed E-state index contributed by atoms with van der Waals surface area (Å²) in [7, 11) is 1.63. The minimum Gasteiger partial charge on any atom is -0.396 e. The fourth-order valence-corrected chi connectivity index (χ4v) is 2.37. The first kappa shape index (κ1) is 12.0. The summed E-state index contributed by atoms with van der Waals surface area (Å²) in [6, 6.07) is 0. The molecule has 1 N–H and O–H groups in total. The van der Waals surface area contributed by atoms with Crippen molar-refractivity contribution in [2.45, 2.75) is 39.2 Å². The van der Waals surface area contributed by atoms with Crippen molar-refractivity contribution in [3.05, 3.63) is 0 Å². The lowest BCUT2D eigenvalue weighted by Crippen LogP contribution is -2.42. The van der Waals surface area contributed by atoms with Crippen molar-refractivity contribution in [2.24, 2.45) is 11.3 Å². The number of hydrogen-bond acceptors (Lipinski definition) is 3. The maximum atomic E-state index is 9.38. The summed E-state index contributed by atoms with van der Waals surface area (Å²) < 4.78 is 10.5. The van der Waals surface area contributed by atoms with Gasteiger partial charge < -0.3 is 14.6 Å². The normalized spacial score (nSPS) is 31.7. The highest BCUT2D eigenvalue weighted by molar-refractivity contribution is 4.88. The first-order valence-corrected chi connectivity index (χ1v) is 5.33. The van der Waals surface area contributed by atoms with Crippen LogP contribution in [0.25, 0.3) is 0 Å². The molecule has 0 aliphatic heterocycles. The van der Waals surface area contributed by atoms with Crippen molar-refractivity contribution in [1.82, 2.24) is 0 Å². The molecular formula is C11H22O3. The second-order valence-corrected chi connectivity index (χ2v) is 4.78. The van der Waals surface area contributed by atoms with Crippen LogP contribution in [-0.2, 0) is 9.47 Å². The summed E-state index contributed by atoms with van der Waals surface area (Å²) >= 11 is 0. The average Bonchev–Trinajstić information content (AvgIpc) is 2.13. The van der Waals surface area contributed by atoms with Crippen molar-refractivity contribution < 1.29 is 14.6 Å². The van der Waals surface area contributed by atoms with E-state index < -0.39 is 0 Å². The van der Waals surface area contributed by atoms with Crippen LogP contribution in [0.5, 0.6) is 0 Å². The second kappa shape index (κ2) is 5.10. The molecule has 84 valence electrons.